The first-order chi connectivity index (χ1) is 13.7. The first kappa shape index (κ1) is 19.1. The molecule has 3 atom stereocenters. The van der Waals surface area contributed by atoms with Gasteiger partial charge in [0, 0.05) is 36.8 Å². The van der Waals surface area contributed by atoms with Gasteiger partial charge in [0.1, 0.15) is 12.0 Å². The Hall–Kier alpha value is -2.25. The second-order valence-electron chi connectivity index (χ2n) is 7.45. The van der Waals surface area contributed by atoms with Crippen molar-refractivity contribution in [3.05, 3.63) is 47.3 Å². The molecule has 7 nitrogen and oxygen atoms in total. The van der Waals surface area contributed by atoms with Gasteiger partial charge in [-0.15, -0.1) is 0 Å². The molecule has 0 spiro atoms. The van der Waals surface area contributed by atoms with Gasteiger partial charge >= 0.3 is 0 Å². The zero-order chi connectivity index (χ0) is 19.5. The van der Waals surface area contributed by atoms with Crippen molar-refractivity contribution < 1.29 is 4.79 Å². The lowest BCUT2D eigenvalue weighted by Crippen LogP contribution is -2.54. The number of hydrogen-bond donors (Lipinski definition) is 3. The fourth-order valence-electron chi connectivity index (χ4n) is 3.94. The van der Waals surface area contributed by atoms with Crippen LogP contribution in [0, 0.1) is 0 Å². The van der Waals surface area contributed by atoms with Crippen LogP contribution in [-0.2, 0) is 4.79 Å². The maximum absolute atomic E-state index is 12.0. The Morgan fingerprint density at radius 3 is 2.93 bits per heavy atom. The van der Waals surface area contributed by atoms with Crippen molar-refractivity contribution in [2.24, 2.45) is 5.10 Å². The molecule has 0 bridgehead atoms. The highest BCUT2D eigenvalue weighted by Gasteiger charge is 2.44. The number of hydrogen-bond acceptors (Lipinski definition) is 6. The lowest BCUT2D eigenvalue weighted by molar-refractivity contribution is -0.120. The quantitative estimate of drug-likeness (QED) is 0.611. The van der Waals surface area contributed by atoms with Gasteiger partial charge in [-0.1, -0.05) is 37.1 Å². The number of amides is 1. The number of unbranched alkanes of at least 4 members (excludes halogenated alkanes) is 1. The van der Waals surface area contributed by atoms with E-state index in [4.69, 9.17) is 11.6 Å². The van der Waals surface area contributed by atoms with E-state index in [2.05, 4.69) is 56.4 Å². The van der Waals surface area contributed by atoms with Gasteiger partial charge < -0.3 is 15.2 Å². The van der Waals surface area contributed by atoms with Crippen LogP contribution in [0.1, 0.15) is 50.6 Å². The molecule has 3 aliphatic rings. The van der Waals surface area contributed by atoms with Gasteiger partial charge in [-0.2, -0.15) is 5.10 Å². The number of rotatable bonds is 7. The smallest absolute Gasteiger partial charge is 0.220 e. The number of hydrazone groups is 1. The molecule has 0 saturated carbocycles. The standard InChI is InChI=1S/C20H27ClN6O/c1-2-3-10-22-19(28)9-8-18-23-24-20-17-13-16(14-4-6-15(21)7-5-14)25-27(17)12-11-26(18)20/h4-7,11-12,16-17,20,24-25H,2-3,8-10,13H2,1H3,(H,22,28). The van der Waals surface area contributed by atoms with Crippen molar-refractivity contribution in [3.63, 3.8) is 0 Å². The molecular formula is C20H27ClN6O. The summed E-state index contributed by atoms with van der Waals surface area (Å²) in [6, 6.07) is 8.49. The van der Waals surface area contributed by atoms with Gasteiger partial charge in [0.15, 0.2) is 0 Å². The molecule has 1 aromatic rings. The Morgan fingerprint density at radius 2 is 2.14 bits per heavy atom. The number of nitrogens with one attached hydrogen (secondary N) is 3. The molecule has 3 unspecified atom stereocenters. The number of hydrazine groups is 1. The Morgan fingerprint density at radius 1 is 1.32 bits per heavy atom. The molecule has 1 aromatic carbocycles. The van der Waals surface area contributed by atoms with Crippen molar-refractivity contribution >= 4 is 23.3 Å². The minimum absolute atomic E-state index is 0.0768. The fourth-order valence-corrected chi connectivity index (χ4v) is 4.07. The molecule has 0 aliphatic carbocycles. The number of carbonyl (C=O) groups is 1. The molecule has 150 valence electrons. The van der Waals surface area contributed by atoms with Crippen LogP contribution in [0.2, 0.25) is 5.02 Å². The number of halogens is 1. The lowest BCUT2D eigenvalue weighted by Gasteiger charge is -2.37. The molecule has 3 heterocycles. The third-order valence-electron chi connectivity index (χ3n) is 5.52. The van der Waals surface area contributed by atoms with Crippen molar-refractivity contribution in [2.45, 2.75) is 57.3 Å². The van der Waals surface area contributed by atoms with Crippen molar-refractivity contribution in [1.82, 2.24) is 26.1 Å². The van der Waals surface area contributed by atoms with Crippen molar-refractivity contribution in [3.8, 4) is 0 Å². The maximum Gasteiger partial charge on any atom is 0.220 e. The SMILES string of the molecule is CCCCNC(=O)CCC1=NNC2C3CC(c4ccc(Cl)cc4)NN3C=CN12. The third kappa shape index (κ3) is 3.95. The predicted octanol–water partition coefficient (Wildman–Crippen LogP) is 2.69. The van der Waals surface area contributed by atoms with Crippen LogP contribution in [0.15, 0.2) is 41.8 Å². The highest BCUT2D eigenvalue weighted by molar-refractivity contribution is 6.30. The van der Waals surface area contributed by atoms with Crippen LogP contribution in [0.3, 0.4) is 0 Å². The molecule has 0 aromatic heterocycles. The van der Waals surface area contributed by atoms with E-state index in [-0.39, 0.29) is 24.2 Å². The van der Waals surface area contributed by atoms with Crippen LogP contribution in [0.5, 0.6) is 0 Å². The highest BCUT2D eigenvalue weighted by Crippen LogP contribution is 2.34. The molecule has 1 saturated heterocycles. The van der Waals surface area contributed by atoms with Crippen LogP contribution in [-0.4, -0.2) is 40.4 Å². The number of amidine groups is 1. The van der Waals surface area contributed by atoms with Gasteiger partial charge in [-0.25, -0.2) is 5.43 Å². The normalized spacial score (nSPS) is 25.2. The summed E-state index contributed by atoms with van der Waals surface area (Å²) in [4.78, 5) is 14.1. The van der Waals surface area contributed by atoms with Gasteiger partial charge in [-0.3, -0.25) is 10.2 Å². The van der Waals surface area contributed by atoms with E-state index in [0.29, 0.717) is 12.8 Å². The lowest BCUT2D eigenvalue weighted by atomic mass is 9.99. The van der Waals surface area contributed by atoms with E-state index in [9.17, 15) is 4.79 Å². The Bertz CT molecular complexity index is 764. The zero-order valence-electron chi connectivity index (χ0n) is 16.1. The first-order valence-electron chi connectivity index (χ1n) is 10.0. The van der Waals surface area contributed by atoms with Crippen molar-refractivity contribution in [1.29, 1.82) is 0 Å². The third-order valence-corrected chi connectivity index (χ3v) is 5.77. The zero-order valence-corrected chi connectivity index (χ0v) is 16.8. The molecule has 0 radical (unpaired) electrons. The predicted molar refractivity (Wildman–Crippen MR) is 110 cm³/mol. The molecule has 1 amide bonds. The van der Waals surface area contributed by atoms with Crippen LogP contribution >= 0.6 is 11.6 Å². The van der Waals surface area contributed by atoms with E-state index in [0.717, 1.165) is 36.7 Å². The number of carbonyl (C=O) groups excluding carboxylic acids is 1. The molecule has 8 heteroatoms. The molecular weight excluding hydrogens is 376 g/mol. The summed E-state index contributed by atoms with van der Waals surface area (Å²) in [5.41, 5.74) is 8.05. The highest BCUT2D eigenvalue weighted by atomic mass is 35.5. The summed E-state index contributed by atoms with van der Waals surface area (Å²) in [7, 11) is 0. The van der Waals surface area contributed by atoms with Crippen LogP contribution < -0.4 is 16.2 Å². The fraction of sp³-hybridized carbons (Fsp3) is 0.500. The second kappa shape index (κ2) is 8.41. The maximum atomic E-state index is 12.0. The molecule has 3 N–H and O–H groups in total. The van der Waals surface area contributed by atoms with Gasteiger partial charge in [-0.05, 0) is 30.5 Å². The van der Waals surface area contributed by atoms with Gasteiger partial charge in [0.25, 0.3) is 0 Å². The van der Waals surface area contributed by atoms with Crippen molar-refractivity contribution in [2.75, 3.05) is 6.54 Å². The van der Waals surface area contributed by atoms with Gasteiger partial charge in [0.05, 0.1) is 12.1 Å². The molecule has 4 rings (SSSR count). The Labute approximate surface area is 170 Å². The summed E-state index contributed by atoms with van der Waals surface area (Å²) < 4.78 is 0. The van der Waals surface area contributed by atoms with E-state index < -0.39 is 0 Å². The summed E-state index contributed by atoms with van der Waals surface area (Å²) in [5, 5.41) is 10.4. The summed E-state index contributed by atoms with van der Waals surface area (Å²) in [5.74, 6) is 1.01. The summed E-state index contributed by atoms with van der Waals surface area (Å²) in [6.45, 7) is 2.87. The monoisotopic (exact) mass is 402 g/mol. The Balaban J connectivity index is 1.33. The van der Waals surface area contributed by atoms with Gasteiger partial charge in [0.2, 0.25) is 5.91 Å². The average molecular weight is 403 g/mol. The van der Waals surface area contributed by atoms with Crippen LogP contribution in [0.25, 0.3) is 0 Å². The summed E-state index contributed by atoms with van der Waals surface area (Å²) in [6.07, 6.45) is 8.32. The van der Waals surface area contributed by atoms with E-state index in [1.807, 2.05) is 18.3 Å². The average Bonchev–Trinajstić information content (AvgIpc) is 3.31. The summed E-state index contributed by atoms with van der Waals surface area (Å²) >= 11 is 6.01. The topological polar surface area (TPSA) is 72.0 Å². The number of fused-ring (bicyclic) bond motifs is 3. The molecule has 28 heavy (non-hydrogen) atoms. The minimum atomic E-state index is 0.0768. The molecule has 3 aliphatic heterocycles. The van der Waals surface area contributed by atoms with Crippen LogP contribution in [0.4, 0.5) is 0 Å². The first-order valence-corrected chi connectivity index (χ1v) is 10.4. The number of nitrogens with zero attached hydrogens (tertiary/aromatic N) is 3. The van der Waals surface area contributed by atoms with E-state index in [1.54, 1.807) is 0 Å². The Kier molecular flexibility index (Phi) is 5.73. The molecule has 1 fully saturated rings. The van der Waals surface area contributed by atoms with E-state index >= 15 is 0 Å². The second-order valence-corrected chi connectivity index (χ2v) is 7.89. The largest absolute Gasteiger partial charge is 0.356 e. The minimum Gasteiger partial charge on any atom is -0.356 e. The van der Waals surface area contributed by atoms with E-state index in [1.165, 1.54) is 5.56 Å². The number of benzene rings is 1.